The Bertz CT molecular complexity index is 1230. The summed E-state index contributed by atoms with van der Waals surface area (Å²) in [5.74, 6) is 0.706. The first kappa shape index (κ1) is 24.4. The van der Waals surface area contributed by atoms with Gasteiger partial charge in [0.05, 0.1) is 30.0 Å². The minimum atomic E-state index is -1.07. The lowest BCUT2D eigenvalue weighted by atomic mass is 9.96. The Morgan fingerprint density at radius 3 is 2.58 bits per heavy atom. The lowest BCUT2D eigenvalue weighted by molar-refractivity contribution is 0.0691. The van der Waals surface area contributed by atoms with Crippen LogP contribution < -0.4 is 9.80 Å². The molecule has 0 atom stereocenters. The number of aromatic carboxylic acids is 1. The van der Waals surface area contributed by atoms with Gasteiger partial charge in [-0.3, -0.25) is 0 Å². The molecule has 2 fully saturated rings. The SMILES string of the molecule is COCC1CCN(c2cc(C(=O)O)nc3c2c(C(C)C)nn3-c2ccnc(N3CCOCC3)n2)CC1. The van der Waals surface area contributed by atoms with Gasteiger partial charge < -0.3 is 24.4 Å². The van der Waals surface area contributed by atoms with Crippen molar-refractivity contribution in [2.45, 2.75) is 32.6 Å². The molecule has 0 spiro atoms. The Morgan fingerprint density at radius 2 is 1.92 bits per heavy atom. The van der Waals surface area contributed by atoms with E-state index in [4.69, 9.17) is 19.6 Å². The number of morpholine rings is 1. The Kier molecular flexibility index (Phi) is 7.01. The van der Waals surface area contributed by atoms with Gasteiger partial charge >= 0.3 is 5.97 Å². The second kappa shape index (κ2) is 10.4. The highest BCUT2D eigenvalue weighted by molar-refractivity contribution is 5.98. The molecule has 11 heteroatoms. The molecule has 2 aliphatic heterocycles. The summed E-state index contributed by atoms with van der Waals surface area (Å²) in [6.07, 6.45) is 3.68. The predicted molar refractivity (Wildman–Crippen MR) is 135 cm³/mol. The van der Waals surface area contributed by atoms with Crippen LogP contribution in [0.5, 0.6) is 0 Å². The first-order valence-corrected chi connectivity index (χ1v) is 12.5. The fourth-order valence-corrected chi connectivity index (χ4v) is 4.99. The van der Waals surface area contributed by atoms with Gasteiger partial charge in [0.25, 0.3) is 0 Å². The zero-order valence-corrected chi connectivity index (χ0v) is 21.1. The van der Waals surface area contributed by atoms with E-state index in [0.29, 0.717) is 49.6 Å². The summed E-state index contributed by atoms with van der Waals surface area (Å²) in [7, 11) is 1.73. The number of carboxylic acid groups (broad SMARTS) is 1. The Labute approximate surface area is 210 Å². The lowest BCUT2D eigenvalue weighted by Crippen LogP contribution is -2.37. The average molecular weight is 496 g/mol. The summed E-state index contributed by atoms with van der Waals surface area (Å²) in [6, 6.07) is 3.48. The van der Waals surface area contributed by atoms with Crippen LogP contribution in [0.25, 0.3) is 16.9 Å². The van der Waals surface area contributed by atoms with E-state index < -0.39 is 5.97 Å². The number of pyridine rings is 1. The van der Waals surface area contributed by atoms with Gasteiger partial charge in [-0.1, -0.05) is 13.8 Å². The van der Waals surface area contributed by atoms with E-state index in [2.05, 4.69) is 33.6 Å². The molecular formula is C25H33N7O4. The highest BCUT2D eigenvalue weighted by atomic mass is 16.5. The maximum absolute atomic E-state index is 12.1. The second-order valence-electron chi connectivity index (χ2n) is 9.68. The molecule has 5 heterocycles. The van der Waals surface area contributed by atoms with Crippen LogP contribution in [-0.4, -0.2) is 88.9 Å². The Hall–Kier alpha value is -3.31. The topological polar surface area (TPSA) is 119 Å². The maximum Gasteiger partial charge on any atom is 0.354 e. The highest BCUT2D eigenvalue weighted by Crippen LogP contribution is 2.36. The molecule has 36 heavy (non-hydrogen) atoms. The normalized spacial score (nSPS) is 17.3. The number of nitrogens with zero attached hydrogens (tertiary/aromatic N) is 7. The third-order valence-corrected chi connectivity index (χ3v) is 6.91. The molecule has 0 aliphatic carbocycles. The van der Waals surface area contributed by atoms with Crippen molar-refractivity contribution in [3.05, 3.63) is 29.7 Å². The maximum atomic E-state index is 12.1. The number of carboxylic acids is 1. The number of ether oxygens (including phenoxy) is 2. The number of anilines is 2. The summed E-state index contributed by atoms with van der Waals surface area (Å²) >= 11 is 0. The molecule has 3 aromatic rings. The van der Waals surface area contributed by atoms with Crippen molar-refractivity contribution in [2.24, 2.45) is 5.92 Å². The van der Waals surface area contributed by atoms with Gasteiger partial charge in [-0.05, 0) is 30.7 Å². The van der Waals surface area contributed by atoms with Crippen molar-refractivity contribution in [3.8, 4) is 5.82 Å². The largest absolute Gasteiger partial charge is 0.477 e. The van der Waals surface area contributed by atoms with Crippen LogP contribution >= 0.6 is 0 Å². The van der Waals surface area contributed by atoms with Gasteiger partial charge in [0.2, 0.25) is 5.95 Å². The van der Waals surface area contributed by atoms with Gasteiger partial charge in [0.1, 0.15) is 0 Å². The third-order valence-electron chi connectivity index (χ3n) is 6.91. The second-order valence-corrected chi connectivity index (χ2v) is 9.68. The Morgan fingerprint density at radius 1 is 1.17 bits per heavy atom. The van der Waals surface area contributed by atoms with E-state index in [9.17, 15) is 9.90 Å². The van der Waals surface area contributed by atoms with E-state index in [1.165, 1.54) is 0 Å². The van der Waals surface area contributed by atoms with Crippen LogP contribution in [0.2, 0.25) is 0 Å². The average Bonchev–Trinajstić information content (AvgIpc) is 3.30. The molecule has 2 aliphatic rings. The first-order valence-electron chi connectivity index (χ1n) is 12.5. The van der Waals surface area contributed by atoms with Crippen molar-refractivity contribution >= 4 is 28.6 Å². The summed E-state index contributed by atoms with van der Waals surface area (Å²) in [5, 5.41) is 15.7. The zero-order chi connectivity index (χ0) is 25.2. The molecule has 0 unspecified atom stereocenters. The van der Waals surface area contributed by atoms with Gasteiger partial charge in [0.15, 0.2) is 17.2 Å². The standard InChI is InChI=1S/C25H33N7O4/c1-16(2)22-21-19(30-8-5-17(6-9-30)15-35-3)14-18(24(33)34)27-23(21)32(29-22)20-4-7-26-25(28-20)31-10-12-36-13-11-31/h4,7,14,16-17H,5-6,8-13,15H2,1-3H3,(H,33,34). The van der Waals surface area contributed by atoms with Crippen LogP contribution in [0.3, 0.4) is 0 Å². The number of carbonyl (C=O) groups is 1. The molecule has 1 N–H and O–H groups in total. The third kappa shape index (κ3) is 4.72. The van der Waals surface area contributed by atoms with Crippen LogP contribution in [0.4, 0.5) is 11.6 Å². The van der Waals surface area contributed by atoms with E-state index in [1.807, 2.05) is 0 Å². The summed E-state index contributed by atoms with van der Waals surface area (Å²) < 4.78 is 12.5. The van der Waals surface area contributed by atoms with Crippen LogP contribution in [0, 0.1) is 5.92 Å². The number of hydrogen-bond donors (Lipinski definition) is 1. The Balaban J connectivity index is 1.62. The molecule has 0 aromatic carbocycles. The van der Waals surface area contributed by atoms with Crippen molar-refractivity contribution in [3.63, 3.8) is 0 Å². The van der Waals surface area contributed by atoms with E-state index >= 15 is 0 Å². The van der Waals surface area contributed by atoms with Gasteiger partial charge in [0, 0.05) is 52.2 Å². The summed E-state index contributed by atoms with van der Waals surface area (Å²) in [5.41, 5.74) is 2.23. The van der Waals surface area contributed by atoms with Crippen molar-refractivity contribution in [1.82, 2.24) is 24.7 Å². The molecule has 0 amide bonds. The highest BCUT2D eigenvalue weighted by Gasteiger charge is 2.28. The monoisotopic (exact) mass is 495 g/mol. The summed E-state index contributed by atoms with van der Waals surface area (Å²) in [4.78, 5) is 30.2. The number of fused-ring (bicyclic) bond motifs is 1. The molecule has 3 aromatic heterocycles. The lowest BCUT2D eigenvalue weighted by Gasteiger charge is -2.34. The number of hydrogen-bond acceptors (Lipinski definition) is 9. The zero-order valence-electron chi connectivity index (χ0n) is 21.1. The fraction of sp³-hybridized carbons (Fsp3) is 0.560. The van der Waals surface area contributed by atoms with Gasteiger partial charge in [-0.15, -0.1) is 0 Å². The number of piperidine rings is 1. The van der Waals surface area contributed by atoms with Crippen LogP contribution in [-0.2, 0) is 9.47 Å². The summed E-state index contributed by atoms with van der Waals surface area (Å²) in [6.45, 7) is 9.25. The molecule has 5 rings (SSSR count). The molecule has 2 saturated heterocycles. The first-order chi connectivity index (χ1) is 17.5. The van der Waals surface area contributed by atoms with Crippen molar-refractivity contribution in [2.75, 3.05) is 62.9 Å². The number of aromatic nitrogens is 5. The van der Waals surface area contributed by atoms with E-state index in [0.717, 1.165) is 49.3 Å². The van der Waals surface area contributed by atoms with Crippen molar-refractivity contribution < 1.29 is 19.4 Å². The van der Waals surface area contributed by atoms with Crippen LogP contribution in [0.1, 0.15) is 48.8 Å². The minimum absolute atomic E-state index is 0.00423. The minimum Gasteiger partial charge on any atom is -0.477 e. The quantitative estimate of drug-likeness (QED) is 0.524. The molecular weight excluding hydrogens is 462 g/mol. The van der Waals surface area contributed by atoms with Crippen LogP contribution in [0.15, 0.2) is 18.3 Å². The molecule has 11 nitrogen and oxygen atoms in total. The predicted octanol–water partition coefficient (Wildman–Crippen LogP) is 2.73. The smallest absolute Gasteiger partial charge is 0.354 e. The number of rotatable bonds is 7. The molecule has 0 saturated carbocycles. The number of methoxy groups -OCH3 is 1. The molecule has 0 bridgehead atoms. The van der Waals surface area contributed by atoms with E-state index in [1.54, 1.807) is 30.1 Å². The fourth-order valence-electron chi connectivity index (χ4n) is 4.99. The van der Waals surface area contributed by atoms with Gasteiger partial charge in [-0.2, -0.15) is 14.8 Å². The molecule has 0 radical (unpaired) electrons. The van der Waals surface area contributed by atoms with E-state index in [-0.39, 0.29) is 11.6 Å². The van der Waals surface area contributed by atoms with Crippen molar-refractivity contribution in [1.29, 1.82) is 0 Å². The molecule has 192 valence electrons. The van der Waals surface area contributed by atoms with Gasteiger partial charge in [-0.25, -0.2) is 14.8 Å².